The van der Waals surface area contributed by atoms with Crippen LogP contribution in [0.1, 0.15) is 29.0 Å². The highest BCUT2D eigenvalue weighted by Crippen LogP contribution is 2.13. The number of carbonyl (C=O) groups is 1. The van der Waals surface area contributed by atoms with Gasteiger partial charge in [-0.25, -0.2) is 4.68 Å². The van der Waals surface area contributed by atoms with Crippen LogP contribution in [0.3, 0.4) is 0 Å². The molecule has 7 nitrogen and oxygen atoms in total. The monoisotopic (exact) mass is 377 g/mol. The van der Waals surface area contributed by atoms with E-state index in [1.54, 1.807) is 6.20 Å². The van der Waals surface area contributed by atoms with Crippen LogP contribution < -0.4 is 10.9 Å². The smallest absolute Gasteiger partial charge is 0.271 e. The number of carbonyl (C=O) groups excluding carboxylic acids is 1. The van der Waals surface area contributed by atoms with E-state index in [0.717, 1.165) is 38.2 Å². The van der Waals surface area contributed by atoms with Crippen molar-refractivity contribution in [2.24, 2.45) is 0 Å². The van der Waals surface area contributed by atoms with Crippen molar-refractivity contribution in [2.75, 3.05) is 13.1 Å². The fourth-order valence-electron chi connectivity index (χ4n) is 3.58. The van der Waals surface area contributed by atoms with Crippen molar-refractivity contribution in [3.8, 4) is 5.69 Å². The van der Waals surface area contributed by atoms with Crippen LogP contribution in [0.5, 0.6) is 0 Å². The van der Waals surface area contributed by atoms with Gasteiger partial charge in [-0.2, -0.15) is 0 Å². The molecule has 1 aliphatic heterocycles. The van der Waals surface area contributed by atoms with Gasteiger partial charge in [-0.1, -0.05) is 24.3 Å². The average molecular weight is 377 g/mol. The molecule has 0 radical (unpaired) electrons. The maximum absolute atomic E-state index is 12.6. The molecule has 3 aromatic rings. The summed E-state index contributed by atoms with van der Waals surface area (Å²) >= 11 is 0. The van der Waals surface area contributed by atoms with E-state index in [0.29, 0.717) is 5.69 Å². The Morgan fingerprint density at radius 2 is 2.00 bits per heavy atom. The van der Waals surface area contributed by atoms with E-state index in [1.807, 2.05) is 48.5 Å². The summed E-state index contributed by atoms with van der Waals surface area (Å²) in [4.78, 5) is 31.6. The lowest BCUT2D eigenvalue weighted by atomic mass is 10.1. The van der Waals surface area contributed by atoms with E-state index in [1.165, 1.54) is 10.7 Å². The Morgan fingerprint density at radius 1 is 1.18 bits per heavy atom. The number of pyridine rings is 1. The van der Waals surface area contributed by atoms with Crippen LogP contribution in [0.15, 0.2) is 65.6 Å². The molecule has 1 aromatic carbocycles. The molecular formula is C21H23N5O2. The third kappa shape index (κ3) is 4.20. The fraction of sp³-hybridized carbons (Fsp3) is 0.286. The Hall–Kier alpha value is -3.19. The molecule has 2 N–H and O–H groups in total. The lowest BCUT2D eigenvalue weighted by Gasteiger charge is -2.32. The van der Waals surface area contributed by atoms with Gasteiger partial charge >= 0.3 is 0 Å². The van der Waals surface area contributed by atoms with Crippen LogP contribution >= 0.6 is 0 Å². The largest absolute Gasteiger partial charge is 0.347 e. The summed E-state index contributed by atoms with van der Waals surface area (Å²) in [6.45, 7) is 2.53. The highest BCUT2D eigenvalue weighted by Gasteiger charge is 2.23. The third-order valence-corrected chi connectivity index (χ3v) is 4.93. The molecule has 0 aliphatic carbocycles. The second-order valence-electron chi connectivity index (χ2n) is 7.05. The van der Waals surface area contributed by atoms with Crippen molar-refractivity contribution in [2.45, 2.75) is 25.4 Å². The topological polar surface area (TPSA) is 83.0 Å². The Bertz CT molecular complexity index is 981. The summed E-state index contributed by atoms with van der Waals surface area (Å²) < 4.78 is 1.38. The normalized spacial score (nSPS) is 17.4. The predicted molar refractivity (Wildman–Crippen MR) is 106 cm³/mol. The number of aromatic amines is 1. The van der Waals surface area contributed by atoms with E-state index in [-0.39, 0.29) is 23.2 Å². The first kappa shape index (κ1) is 18.2. The summed E-state index contributed by atoms with van der Waals surface area (Å²) in [5, 5.41) is 5.97. The summed E-state index contributed by atoms with van der Waals surface area (Å²) in [5.74, 6) is -0.253. The number of H-pyrrole nitrogens is 1. The molecule has 0 spiro atoms. The summed E-state index contributed by atoms with van der Waals surface area (Å²) in [6, 6.07) is 16.5. The highest BCUT2D eigenvalue weighted by molar-refractivity contribution is 5.92. The van der Waals surface area contributed by atoms with Crippen molar-refractivity contribution in [1.29, 1.82) is 0 Å². The van der Waals surface area contributed by atoms with Crippen LogP contribution in [0.2, 0.25) is 0 Å². The van der Waals surface area contributed by atoms with Gasteiger partial charge in [-0.05, 0) is 43.7 Å². The Labute approximate surface area is 163 Å². The number of rotatable bonds is 5. The van der Waals surface area contributed by atoms with Crippen LogP contribution in [0, 0.1) is 0 Å². The number of nitrogens with zero attached hydrogens (tertiary/aromatic N) is 3. The molecule has 3 heterocycles. The van der Waals surface area contributed by atoms with Gasteiger partial charge in [0, 0.05) is 31.4 Å². The maximum atomic E-state index is 12.6. The fourth-order valence-corrected chi connectivity index (χ4v) is 3.58. The van der Waals surface area contributed by atoms with Crippen LogP contribution in [-0.2, 0) is 6.54 Å². The molecular weight excluding hydrogens is 354 g/mol. The second kappa shape index (κ2) is 8.22. The number of aromatic nitrogens is 3. The zero-order chi connectivity index (χ0) is 19.3. The van der Waals surface area contributed by atoms with E-state index in [9.17, 15) is 9.59 Å². The van der Waals surface area contributed by atoms with Gasteiger partial charge in [0.15, 0.2) is 0 Å². The molecule has 1 amide bonds. The van der Waals surface area contributed by atoms with Gasteiger partial charge < -0.3 is 5.32 Å². The lowest BCUT2D eigenvalue weighted by Crippen LogP contribution is -2.47. The number of amides is 1. The molecule has 28 heavy (non-hydrogen) atoms. The molecule has 1 saturated heterocycles. The molecule has 1 unspecified atom stereocenters. The molecule has 1 atom stereocenters. The molecule has 7 heteroatoms. The molecule has 1 fully saturated rings. The standard InChI is InChI=1S/C21H23N5O2/c27-20-13-19(24-26(20)18-9-2-1-3-10-18)21(28)23-17-8-6-12-25(15-17)14-16-7-4-5-11-22-16/h1-5,7,9-11,13,17,24H,6,8,12,14-15H2,(H,23,28). The zero-order valence-corrected chi connectivity index (χ0v) is 15.5. The van der Waals surface area contributed by atoms with Crippen molar-refractivity contribution in [1.82, 2.24) is 25.0 Å². The van der Waals surface area contributed by atoms with Gasteiger partial charge in [-0.3, -0.25) is 24.6 Å². The summed E-state index contributed by atoms with van der Waals surface area (Å²) in [7, 11) is 0. The van der Waals surface area contributed by atoms with Gasteiger partial charge in [0.25, 0.3) is 11.5 Å². The van der Waals surface area contributed by atoms with Gasteiger partial charge in [-0.15, -0.1) is 0 Å². The zero-order valence-electron chi connectivity index (χ0n) is 15.5. The number of benzene rings is 1. The molecule has 0 bridgehead atoms. The first-order valence-corrected chi connectivity index (χ1v) is 9.49. The van der Waals surface area contributed by atoms with Crippen LogP contribution in [0.25, 0.3) is 5.69 Å². The third-order valence-electron chi connectivity index (χ3n) is 4.93. The minimum atomic E-state index is -0.253. The molecule has 144 valence electrons. The highest BCUT2D eigenvalue weighted by atomic mass is 16.2. The first-order valence-electron chi connectivity index (χ1n) is 9.49. The molecule has 0 saturated carbocycles. The molecule has 4 rings (SSSR count). The summed E-state index contributed by atoms with van der Waals surface area (Å²) in [5.41, 5.74) is 1.75. The summed E-state index contributed by atoms with van der Waals surface area (Å²) in [6.07, 6.45) is 3.74. The average Bonchev–Trinajstić information content (AvgIpc) is 3.12. The number of nitrogens with one attached hydrogen (secondary N) is 2. The predicted octanol–water partition coefficient (Wildman–Crippen LogP) is 1.95. The number of hydrogen-bond acceptors (Lipinski definition) is 4. The van der Waals surface area contributed by atoms with Crippen molar-refractivity contribution in [3.05, 3.63) is 82.5 Å². The Balaban J connectivity index is 1.40. The van der Waals surface area contributed by atoms with E-state index < -0.39 is 0 Å². The Kier molecular flexibility index (Phi) is 5.34. The Morgan fingerprint density at radius 3 is 2.79 bits per heavy atom. The molecule has 2 aromatic heterocycles. The SMILES string of the molecule is O=C(NC1CCCN(Cc2ccccn2)C1)c1cc(=O)n(-c2ccccc2)[nH]1. The lowest BCUT2D eigenvalue weighted by molar-refractivity contribution is 0.0895. The van der Waals surface area contributed by atoms with E-state index in [4.69, 9.17) is 0 Å². The van der Waals surface area contributed by atoms with Gasteiger partial charge in [0.1, 0.15) is 5.69 Å². The van der Waals surface area contributed by atoms with Crippen molar-refractivity contribution < 1.29 is 4.79 Å². The number of likely N-dealkylation sites (tertiary alicyclic amines) is 1. The van der Waals surface area contributed by atoms with Gasteiger partial charge in [0.05, 0.1) is 11.4 Å². The quantitative estimate of drug-likeness (QED) is 0.712. The van der Waals surface area contributed by atoms with Crippen molar-refractivity contribution in [3.63, 3.8) is 0 Å². The van der Waals surface area contributed by atoms with Crippen molar-refractivity contribution >= 4 is 5.91 Å². The van der Waals surface area contributed by atoms with E-state index in [2.05, 4.69) is 20.3 Å². The minimum absolute atomic E-state index is 0.0496. The van der Waals surface area contributed by atoms with Gasteiger partial charge in [0.2, 0.25) is 0 Å². The minimum Gasteiger partial charge on any atom is -0.347 e. The number of para-hydroxylation sites is 1. The first-order chi connectivity index (χ1) is 13.7. The van der Waals surface area contributed by atoms with Crippen LogP contribution in [0.4, 0.5) is 0 Å². The number of hydrogen-bond donors (Lipinski definition) is 2. The molecule has 1 aliphatic rings. The van der Waals surface area contributed by atoms with Crippen LogP contribution in [-0.4, -0.2) is 44.7 Å². The number of piperidine rings is 1. The van der Waals surface area contributed by atoms with E-state index >= 15 is 0 Å². The maximum Gasteiger partial charge on any atom is 0.271 e. The second-order valence-corrected chi connectivity index (χ2v) is 7.05.